The van der Waals surface area contributed by atoms with Gasteiger partial charge in [-0.3, -0.25) is 0 Å². The van der Waals surface area contributed by atoms with E-state index in [0.29, 0.717) is 5.75 Å². The standard InChI is InChI=1S/C10H9F3O2/c1-15-7-4-2-6(3-5-7)9(14)8(11)10(12)13/h2-5,9,14H,1H3. The normalized spacial score (nSPS) is 12.1. The van der Waals surface area contributed by atoms with E-state index in [4.69, 9.17) is 9.84 Å². The average Bonchev–Trinajstić information content (AvgIpc) is 2.27. The molecule has 0 spiro atoms. The Morgan fingerprint density at radius 3 is 2.13 bits per heavy atom. The molecule has 0 aliphatic heterocycles. The molecule has 0 amide bonds. The molecule has 0 aliphatic rings. The van der Waals surface area contributed by atoms with E-state index in [-0.39, 0.29) is 5.56 Å². The number of ether oxygens (including phenoxy) is 1. The zero-order chi connectivity index (χ0) is 11.4. The van der Waals surface area contributed by atoms with Crippen molar-refractivity contribution < 1.29 is 23.0 Å². The summed E-state index contributed by atoms with van der Waals surface area (Å²) in [6, 6.07) is 5.52. The van der Waals surface area contributed by atoms with Gasteiger partial charge in [-0.15, -0.1) is 0 Å². The summed E-state index contributed by atoms with van der Waals surface area (Å²) in [7, 11) is 1.44. The Balaban J connectivity index is 2.92. The number of aliphatic hydroxyl groups excluding tert-OH is 1. The predicted octanol–water partition coefficient (Wildman–Crippen LogP) is 2.81. The van der Waals surface area contributed by atoms with Crippen LogP contribution in [0.25, 0.3) is 0 Å². The molecule has 0 fully saturated rings. The van der Waals surface area contributed by atoms with Crippen LogP contribution in [-0.4, -0.2) is 12.2 Å². The molecule has 1 unspecified atom stereocenters. The highest BCUT2D eigenvalue weighted by atomic mass is 19.3. The molecule has 0 aliphatic carbocycles. The number of hydrogen-bond acceptors (Lipinski definition) is 2. The van der Waals surface area contributed by atoms with Gasteiger partial charge in [0, 0.05) is 0 Å². The lowest BCUT2D eigenvalue weighted by atomic mass is 10.1. The summed E-state index contributed by atoms with van der Waals surface area (Å²) in [6.45, 7) is 0. The summed E-state index contributed by atoms with van der Waals surface area (Å²) in [5, 5.41) is 9.17. The minimum atomic E-state index is -2.52. The first-order valence-corrected chi connectivity index (χ1v) is 4.09. The van der Waals surface area contributed by atoms with Gasteiger partial charge in [0.05, 0.1) is 7.11 Å². The lowest BCUT2D eigenvalue weighted by Crippen LogP contribution is -1.98. The van der Waals surface area contributed by atoms with Gasteiger partial charge in [0.15, 0.2) is 5.83 Å². The minimum absolute atomic E-state index is 0.0427. The fraction of sp³-hybridized carbons (Fsp3) is 0.200. The molecule has 0 saturated heterocycles. The summed E-state index contributed by atoms with van der Waals surface area (Å²) in [4.78, 5) is 0. The van der Waals surface area contributed by atoms with Gasteiger partial charge in [-0.05, 0) is 17.7 Å². The van der Waals surface area contributed by atoms with E-state index in [9.17, 15) is 13.2 Å². The Bertz CT molecular complexity index is 355. The van der Waals surface area contributed by atoms with Crippen molar-refractivity contribution in [2.75, 3.05) is 7.11 Å². The van der Waals surface area contributed by atoms with E-state index in [2.05, 4.69) is 0 Å². The summed E-state index contributed by atoms with van der Waals surface area (Å²) in [5.74, 6) is -1.34. The van der Waals surface area contributed by atoms with Gasteiger partial charge >= 0.3 is 6.08 Å². The van der Waals surface area contributed by atoms with E-state index in [1.54, 1.807) is 0 Å². The maximum absolute atomic E-state index is 12.6. The summed E-state index contributed by atoms with van der Waals surface area (Å²) in [6.07, 6.45) is -4.45. The zero-order valence-electron chi connectivity index (χ0n) is 7.88. The number of halogens is 3. The van der Waals surface area contributed by atoms with Crippen molar-refractivity contribution in [3.63, 3.8) is 0 Å². The third-order valence-electron chi connectivity index (χ3n) is 1.85. The quantitative estimate of drug-likeness (QED) is 0.845. The van der Waals surface area contributed by atoms with Crippen LogP contribution in [-0.2, 0) is 0 Å². The lowest BCUT2D eigenvalue weighted by molar-refractivity contribution is 0.170. The number of aliphatic hydroxyl groups is 1. The first-order valence-electron chi connectivity index (χ1n) is 4.09. The van der Waals surface area contributed by atoms with Crippen LogP contribution in [0.15, 0.2) is 36.2 Å². The molecule has 0 saturated carbocycles. The van der Waals surface area contributed by atoms with Crippen LogP contribution >= 0.6 is 0 Å². The Kier molecular flexibility index (Phi) is 3.74. The van der Waals surface area contributed by atoms with E-state index < -0.39 is 18.0 Å². The number of rotatable bonds is 3. The number of methoxy groups -OCH3 is 1. The Labute approximate surface area is 84.6 Å². The topological polar surface area (TPSA) is 29.5 Å². The largest absolute Gasteiger partial charge is 0.497 e. The molecule has 1 atom stereocenters. The molecule has 0 aromatic heterocycles. The second-order valence-corrected chi connectivity index (χ2v) is 2.78. The highest BCUT2D eigenvalue weighted by molar-refractivity contribution is 5.31. The van der Waals surface area contributed by atoms with Crippen LogP contribution in [0.5, 0.6) is 5.75 Å². The molecule has 82 valence electrons. The molecular formula is C10H9F3O2. The van der Waals surface area contributed by atoms with Crippen LogP contribution in [0.1, 0.15) is 11.7 Å². The molecule has 1 aromatic rings. The van der Waals surface area contributed by atoms with Crippen molar-refractivity contribution in [2.45, 2.75) is 6.10 Å². The number of benzene rings is 1. The van der Waals surface area contributed by atoms with Crippen molar-refractivity contribution in [2.24, 2.45) is 0 Å². The molecule has 0 radical (unpaired) electrons. The van der Waals surface area contributed by atoms with Gasteiger partial charge in [0.25, 0.3) is 0 Å². The van der Waals surface area contributed by atoms with Crippen LogP contribution in [0, 0.1) is 0 Å². The molecular weight excluding hydrogens is 209 g/mol. The first kappa shape index (κ1) is 11.6. The maximum Gasteiger partial charge on any atom is 0.304 e. The maximum atomic E-state index is 12.6. The van der Waals surface area contributed by atoms with Gasteiger partial charge < -0.3 is 9.84 Å². The van der Waals surface area contributed by atoms with Crippen LogP contribution in [0.4, 0.5) is 13.2 Å². The molecule has 15 heavy (non-hydrogen) atoms. The van der Waals surface area contributed by atoms with Gasteiger partial charge in [-0.1, -0.05) is 12.1 Å². The van der Waals surface area contributed by atoms with Crippen LogP contribution < -0.4 is 4.74 Å². The Hall–Kier alpha value is -1.49. The van der Waals surface area contributed by atoms with Crippen molar-refractivity contribution in [1.82, 2.24) is 0 Å². The van der Waals surface area contributed by atoms with Crippen molar-refractivity contribution in [3.8, 4) is 5.75 Å². The molecule has 0 bridgehead atoms. The van der Waals surface area contributed by atoms with Gasteiger partial charge in [0.1, 0.15) is 11.9 Å². The van der Waals surface area contributed by atoms with Gasteiger partial charge in [0.2, 0.25) is 0 Å². The van der Waals surface area contributed by atoms with Gasteiger partial charge in [-0.25, -0.2) is 4.39 Å². The lowest BCUT2D eigenvalue weighted by Gasteiger charge is -2.08. The summed E-state index contributed by atoms with van der Waals surface area (Å²) in [5.41, 5.74) is 0.0427. The Morgan fingerprint density at radius 2 is 1.73 bits per heavy atom. The number of hydrogen-bond donors (Lipinski definition) is 1. The fourth-order valence-electron chi connectivity index (χ4n) is 1.04. The third-order valence-corrected chi connectivity index (χ3v) is 1.85. The zero-order valence-corrected chi connectivity index (χ0v) is 7.88. The van der Waals surface area contributed by atoms with E-state index in [1.165, 1.54) is 31.4 Å². The van der Waals surface area contributed by atoms with E-state index in [1.807, 2.05) is 0 Å². The monoisotopic (exact) mass is 218 g/mol. The van der Waals surface area contributed by atoms with Crippen molar-refractivity contribution in [1.29, 1.82) is 0 Å². The smallest absolute Gasteiger partial charge is 0.304 e. The third kappa shape index (κ3) is 2.73. The second kappa shape index (κ2) is 4.84. The van der Waals surface area contributed by atoms with E-state index >= 15 is 0 Å². The predicted molar refractivity (Wildman–Crippen MR) is 48.3 cm³/mol. The van der Waals surface area contributed by atoms with Crippen molar-refractivity contribution >= 4 is 0 Å². The molecule has 1 rings (SSSR count). The SMILES string of the molecule is COc1ccc(C(O)C(F)=C(F)F)cc1. The van der Waals surface area contributed by atoms with Crippen molar-refractivity contribution in [3.05, 3.63) is 41.7 Å². The molecule has 0 heterocycles. The van der Waals surface area contributed by atoms with Gasteiger partial charge in [-0.2, -0.15) is 8.78 Å². The molecule has 1 aromatic carbocycles. The van der Waals surface area contributed by atoms with E-state index in [0.717, 1.165) is 0 Å². The average molecular weight is 218 g/mol. The molecule has 5 heteroatoms. The van der Waals surface area contributed by atoms with Crippen LogP contribution in [0.2, 0.25) is 0 Å². The first-order chi connectivity index (χ1) is 7.06. The minimum Gasteiger partial charge on any atom is -0.497 e. The highest BCUT2D eigenvalue weighted by Crippen LogP contribution is 2.27. The summed E-state index contributed by atoms with van der Waals surface area (Å²) < 4.78 is 41.1. The Morgan fingerprint density at radius 1 is 1.20 bits per heavy atom. The summed E-state index contributed by atoms with van der Waals surface area (Å²) >= 11 is 0. The molecule has 1 N–H and O–H groups in total. The fourth-order valence-corrected chi connectivity index (χ4v) is 1.04. The highest BCUT2D eigenvalue weighted by Gasteiger charge is 2.18. The second-order valence-electron chi connectivity index (χ2n) is 2.78. The van der Waals surface area contributed by atoms with Crippen LogP contribution in [0.3, 0.4) is 0 Å². The molecule has 2 nitrogen and oxygen atoms in total.